The zero-order chi connectivity index (χ0) is 12.4. The first-order chi connectivity index (χ1) is 7.60. The molecule has 0 aromatic rings. The lowest BCUT2D eigenvalue weighted by atomic mass is 10.1. The molecule has 0 fully saturated rings. The maximum absolute atomic E-state index is 11.3. The van der Waals surface area contributed by atoms with E-state index in [2.05, 4.69) is 22.5 Å². The minimum absolute atomic E-state index is 0.0569. The molecule has 1 unspecified atom stereocenters. The van der Waals surface area contributed by atoms with E-state index in [0.29, 0.717) is 19.4 Å². The topological polar surface area (TPSA) is 78.4 Å². The van der Waals surface area contributed by atoms with Crippen LogP contribution in [0.25, 0.3) is 0 Å². The van der Waals surface area contributed by atoms with Crippen LogP contribution in [0.2, 0.25) is 0 Å². The summed E-state index contributed by atoms with van der Waals surface area (Å²) in [6.07, 6.45) is 1.13. The summed E-state index contributed by atoms with van der Waals surface area (Å²) >= 11 is 0. The first-order valence-electron chi connectivity index (χ1n) is 5.25. The fourth-order valence-corrected chi connectivity index (χ4v) is 1.11. The molecule has 0 radical (unpaired) electrons. The Bertz CT molecular complexity index is 291. The average molecular weight is 226 g/mol. The predicted octanol–water partition coefficient (Wildman–Crippen LogP) is 0.952. The van der Waals surface area contributed by atoms with Crippen molar-refractivity contribution < 1.29 is 14.7 Å². The molecule has 3 N–H and O–H groups in total. The van der Waals surface area contributed by atoms with E-state index in [-0.39, 0.29) is 18.5 Å². The highest BCUT2D eigenvalue weighted by molar-refractivity contribution is 5.75. The molecule has 5 nitrogen and oxygen atoms in total. The van der Waals surface area contributed by atoms with Gasteiger partial charge in [-0.25, -0.2) is 4.79 Å². The lowest BCUT2D eigenvalue weighted by molar-refractivity contribution is -0.137. The second-order valence-electron chi connectivity index (χ2n) is 3.28. The summed E-state index contributed by atoms with van der Waals surface area (Å²) in [7, 11) is 0. The van der Waals surface area contributed by atoms with Crippen molar-refractivity contribution in [3.8, 4) is 11.8 Å². The summed E-state index contributed by atoms with van der Waals surface area (Å²) < 4.78 is 0. The van der Waals surface area contributed by atoms with E-state index in [0.717, 1.165) is 0 Å². The van der Waals surface area contributed by atoms with Crippen molar-refractivity contribution in [3.63, 3.8) is 0 Å². The number of carbonyl (C=O) groups is 2. The van der Waals surface area contributed by atoms with Crippen molar-refractivity contribution in [3.05, 3.63) is 0 Å². The van der Waals surface area contributed by atoms with Crippen LogP contribution in [0.15, 0.2) is 0 Å². The van der Waals surface area contributed by atoms with Gasteiger partial charge in [0, 0.05) is 19.0 Å². The minimum atomic E-state index is -0.913. The van der Waals surface area contributed by atoms with Crippen molar-refractivity contribution in [2.45, 2.75) is 39.2 Å². The molecular weight excluding hydrogens is 208 g/mol. The van der Waals surface area contributed by atoms with Crippen LogP contribution in [0.4, 0.5) is 4.79 Å². The molecule has 0 saturated carbocycles. The van der Waals surface area contributed by atoms with Crippen molar-refractivity contribution in [1.29, 1.82) is 0 Å². The summed E-state index contributed by atoms with van der Waals surface area (Å²) in [5, 5.41) is 13.8. The van der Waals surface area contributed by atoms with Gasteiger partial charge in [0.15, 0.2) is 0 Å². The number of hydrogen-bond acceptors (Lipinski definition) is 2. The Morgan fingerprint density at radius 1 is 1.44 bits per heavy atom. The van der Waals surface area contributed by atoms with Gasteiger partial charge in [-0.15, -0.1) is 11.8 Å². The molecule has 0 aromatic heterocycles. The second-order valence-corrected chi connectivity index (χ2v) is 3.28. The molecule has 0 spiro atoms. The maximum atomic E-state index is 11.3. The molecule has 0 aliphatic rings. The number of carboxylic acids is 1. The molecule has 0 aromatic carbocycles. The van der Waals surface area contributed by atoms with Crippen LogP contribution in [-0.4, -0.2) is 29.7 Å². The molecule has 1 atom stereocenters. The van der Waals surface area contributed by atoms with E-state index in [1.165, 1.54) is 0 Å². The molecule has 5 heteroatoms. The van der Waals surface area contributed by atoms with Crippen molar-refractivity contribution in [1.82, 2.24) is 10.6 Å². The smallest absolute Gasteiger partial charge is 0.315 e. The Hall–Kier alpha value is -1.70. The van der Waals surface area contributed by atoms with Crippen LogP contribution in [0, 0.1) is 11.8 Å². The first kappa shape index (κ1) is 14.3. The fourth-order valence-electron chi connectivity index (χ4n) is 1.11. The number of carboxylic acid groups (broad SMARTS) is 1. The van der Waals surface area contributed by atoms with Gasteiger partial charge in [0.25, 0.3) is 0 Å². The lowest BCUT2D eigenvalue weighted by Gasteiger charge is -2.14. The lowest BCUT2D eigenvalue weighted by Crippen LogP contribution is -2.43. The van der Waals surface area contributed by atoms with Gasteiger partial charge in [-0.1, -0.05) is 6.92 Å². The zero-order valence-electron chi connectivity index (χ0n) is 9.67. The number of hydrogen-bond donors (Lipinski definition) is 3. The van der Waals surface area contributed by atoms with Crippen LogP contribution in [0.5, 0.6) is 0 Å². The summed E-state index contributed by atoms with van der Waals surface area (Å²) in [5.41, 5.74) is 0. The predicted molar refractivity (Wildman–Crippen MR) is 60.9 cm³/mol. The number of amides is 2. The molecule has 0 saturated heterocycles. The number of carbonyl (C=O) groups excluding carboxylic acids is 1. The Balaban J connectivity index is 3.81. The Kier molecular flexibility index (Phi) is 7.68. The SMILES string of the molecule is CC#CCCNC(=O)NC(CC)CC(=O)O. The molecule has 2 amide bonds. The van der Waals surface area contributed by atoms with Crippen molar-refractivity contribution >= 4 is 12.0 Å². The summed E-state index contributed by atoms with van der Waals surface area (Å²) in [6.45, 7) is 4.03. The Morgan fingerprint density at radius 3 is 2.62 bits per heavy atom. The van der Waals surface area contributed by atoms with Crippen molar-refractivity contribution in [2.24, 2.45) is 0 Å². The minimum Gasteiger partial charge on any atom is -0.481 e. The second kappa shape index (κ2) is 8.60. The standard InChI is InChI=1S/C11H18N2O3/c1-3-5-6-7-12-11(16)13-9(4-2)8-10(14)15/h9H,4,6-8H2,1-2H3,(H,14,15)(H2,12,13,16). The number of rotatable bonds is 6. The molecule has 0 aliphatic heterocycles. The van der Waals surface area contributed by atoms with Crippen LogP contribution in [-0.2, 0) is 4.79 Å². The van der Waals surface area contributed by atoms with E-state index in [9.17, 15) is 9.59 Å². The molecule has 0 bridgehead atoms. The Labute approximate surface area is 95.6 Å². The normalized spacial score (nSPS) is 10.9. The van der Waals surface area contributed by atoms with E-state index < -0.39 is 5.97 Å². The molecule has 0 heterocycles. The number of aliphatic carboxylic acids is 1. The van der Waals surface area contributed by atoms with E-state index in [1.807, 2.05) is 6.92 Å². The van der Waals surface area contributed by atoms with E-state index in [1.54, 1.807) is 6.92 Å². The monoisotopic (exact) mass is 226 g/mol. The summed E-state index contributed by atoms with van der Waals surface area (Å²) in [5.74, 6) is 4.62. The number of urea groups is 1. The maximum Gasteiger partial charge on any atom is 0.315 e. The van der Waals surface area contributed by atoms with Gasteiger partial charge in [-0.2, -0.15) is 0 Å². The summed E-state index contributed by atoms with van der Waals surface area (Å²) in [6, 6.07) is -0.666. The Morgan fingerprint density at radius 2 is 2.12 bits per heavy atom. The highest BCUT2D eigenvalue weighted by atomic mass is 16.4. The van der Waals surface area contributed by atoms with Gasteiger partial charge in [-0.3, -0.25) is 4.79 Å². The molecule has 16 heavy (non-hydrogen) atoms. The van der Waals surface area contributed by atoms with E-state index in [4.69, 9.17) is 5.11 Å². The van der Waals surface area contributed by atoms with Crippen LogP contribution in [0.1, 0.15) is 33.1 Å². The third-order valence-corrected chi connectivity index (χ3v) is 1.96. The van der Waals surface area contributed by atoms with Gasteiger partial charge >= 0.3 is 12.0 Å². The van der Waals surface area contributed by atoms with Crippen LogP contribution >= 0.6 is 0 Å². The van der Waals surface area contributed by atoms with Crippen LogP contribution < -0.4 is 10.6 Å². The first-order valence-corrected chi connectivity index (χ1v) is 5.25. The number of nitrogens with one attached hydrogen (secondary N) is 2. The highest BCUT2D eigenvalue weighted by Gasteiger charge is 2.13. The fraction of sp³-hybridized carbons (Fsp3) is 0.636. The zero-order valence-corrected chi connectivity index (χ0v) is 9.67. The van der Waals surface area contributed by atoms with E-state index >= 15 is 0 Å². The summed E-state index contributed by atoms with van der Waals surface area (Å²) in [4.78, 5) is 21.8. The molecule has 0 rings (SSSR count). The third kappa shape index (κ3) is 7.68. The van der Waals surface area contributed by atoms with Gasteiger partial charge in [0.05, 0.1) is 6.42 Å². The quantitative estimate of drug-likeness (QED) is 0.466. The van der Waals surface area contributed by atoms with Gasteiger partial charge in [0.1, 0.15) is 0 Å². The molecule has 90 valence electrons. The van der Waals surface area contributed by atoms with Crippen molar-refractivity contribution in [2.75, 3.05) is 6.54 Å². The largest absolute Gasteiger partial charge is 0.481 e. The average Bonchev–Trinajstić information content (AvgIpc) is 2.23. The molecule has 0 aliphatic carbocycles. The van der Waals surface area contributed by atoms with Gasteiger partial charge < -0.3 is 15.7 Å². The molecular formula is C11H18N2O3. The van der Waals surface area contributed by atoms with Gasteiger partial charge in [-0.05, 0) is 13.3 Å². The third-order valence-electron chi connectivity index (χ3n) is 1.96. The van der Waals surface area contributed by atoms with Crippen LogP contribution in [0.3, 0.4) is 0 Å². The van der Waals surface area contributed by atoms with Gasteiger partial charge in [0.2, 0.25) is 0 Å². The highest BCUT2D eigenvalue weighted by Crippen LogP contribution is 1.96.